The molecular weight excluding hydrogens is 280 g/mol. The zero-order valence-corrected chi connectivity index (χ0v) is 13.7. The van der Waals surface area contributed by atoms with Crippen LogP contribution in [0.5, 0.6) is 0 Å². The monoisotopic (exact) mass is 306 g/mol. The number of hydrogen-bond donors (Lipinski definition) is 2. The molecule has 0 saturated heterocycles. The molecule has 0 spiro atoms. The number of thiophene rings is 1. The van der Waals surface area contributed by atoms with Crippen LogP contribution in [0, 0.1) is 5.92 Å². The average molecular weight is 306 g/mol. The summed E-state index contributed by atoms with van der Waals surface area (Å²) in [6.45, 7) is 2.25. The Balaban J connectivity index is 1.76. The highest BCUT2D eigenvalue weighted by Gasteiger charge is 2.28. The molecule has 1 fully saturated rings. The van der Waals surface area contributed by atoms with Gasteiger partial charge >= 0.3 is 0 Å². The fourth-order valence-electron chi connectivity index (χ4n) is 3.78. The Morgan fingerprint density at radius 1 is 1.29 bits per heavy atom. The first-order valence-corrected chi connectivity index (χ1v) is 9.21. The van der Waals surface area contributed by atoms with Crippen LogP contribution in [0.3, 0.4) is 0 Å². The lowest BCUT2D eigenvalue weighted by atomic mass is 9.85. The second-order valence-corrected chi connectivity index (χ2v) is 7.71. The normalized spacial score (nSPS) is 22.8. The fraction of sp³-hybridized carbons (Fsp3) is 0.706. The van der Waals surface area contributed by atoms with Crippen molar-refractivity contribution < 1.29 is 4.79 Å². The molecule has 21 heavy (non-hydrogen) atoms. The molecule has 116 valence electrons. The standard InChI is InChI=1S/C17H26N2OS/c1-2-11-8-9-13-14(10-11)21-16(18)15(13)17(20)19-12-6-4-3-5-7-12/h11-12H,2-10,18H2,1H3,(H,19,20)/t11-/m0/s1. The van der Waals surface area contributed by atoms with Crippen LogP contribution in [0.4, 0.5) is 5.00 Å². The van der Waals surface area contributed by atoms with Gasteiger partial charge in [0.1, 0.15) is 0 Å². The summed E-state index contributed by atoms with van der Waals surface area (Å²) in [4.78, 5) is 14.0. The summed E-state index contributed by atoms with van der Waals surface area (Å²) in [5, 5.41) is 3.95. The van der Waals surface area contributed by atoms with E-state index in [0.29, 0.717) is 6.04 Å². The first kappa shape index (κ1) is 14.9. The van der Waals surface area contributed by atoms with Gasteiger partial charge in [-0.05, 0) is 43.6 Å². The highest BCUT2D eigenvalue weighted by atomic mass is 32.1. The molecule has 1 atom stereocenters. The molecule has 1 aromatic heterocycles. The zero-order chi connectivity index (χ0) is 14.8. The van der Waals surface area contributed by atoms with E-state index in [9.17, 15) is 4.79 Å². The molecule has 0 unspecified atom stereocenters. The van der Waals surface area contributed by atoms with E-state index in [0.717, 1.165) is 42.2 Å². The number of fused-ring (bicyclic) bond motifs is 1. The fourth-order valence-corrected chi connectivity index (χ4v) is 5.01. The number of amides is 1. The van der Waals surface area contributed by atoms with Crippen LogP contribution >= 0.6 is 11.3 Å². The van der Waals surface area contributed by atoms with Gasteiger partial charge < -0.3 is 11.1 Å². The Bertz CT molecular complexity index is 517. The summed E-state index contributed by atoms with van der Waals surface area (Å²) in [5.74, 6) is 0.844. The summed E-state index contributed by atoms with van der Waals surface area (Å²) in [6.07, 6.45) is 10.6. The number of rotatable bonds is 3. The summed E-state index contributed by atoms with van der Waals surface area (Å²) in [7, 11) is 0. The molecule has 2 aliphatic rings. The Hall–Kier alpha value is -1.03. The number of hydrogen-bond acceptors (Lipinski definition) is 3. The van der Waals surface area contributed by atoms with E-state index in [1.54, 1.807) is 11.3 Å². The van der Waals surface area contributed by atoms with Crippen molar-refractivity contribution >= 4 is 22.2 Å². The van der Waals surface area contributed by atoms with E-state index >= 15 is 0 Å². The molecule has 1 saturated carbocycles. The Morgan fingerprint density at radius 3 is 2.76 bits per heavy atom. The minimum atomic E-state index is 0.0758. The predicted octanol–water partition coefficient (Wildman–Crippen LogP) is 3.91. The summed E-state index contributed by atoms with van der Waals surface area (Å²) < 4.78 is 0. The number of nitrogens with two attached hydrogens (primary N) is 1. The Kier molecular flexibility index (Phi) is 4.53. The van der Waals surface area contributed by atoms with Crippen LogP contribution in [0.2, 0.25) is 0 Å². The van der Waals surface area contributed by atoms with E-state index < -0.39 is 0 Å². The number of carbonyl (C=O) groups excluding carboxylic acids is 1. The summed E-state index contributed by atoms with van der Waals surface area (Å²) in [6, 6.07) is 0.355. The smallest absolute Gasteiger partial charge is 0.254 e. The van der Waals surface area contributed by atoms with Crippen molar-refractivity contribution in [1.82, 2.24) is 5.32 Å². The van der Waals surface area contributed by atoms with E-state index in [1.165, 1.54) is 42.5 Å². The first-order chi connectivity index (χ1) is 10.2. The molecule has 0 radical (unpaired) electrons. The topological polar surface area (TPSA) is 55.1 Å². The van der Waals surface area contributed by atoms with Crippen molar-refractivity contribution in [3.63, 3.8) is 0 Å². The van der Waals surface area contributed by atoms with Gasteiger partial charge in [-0.2, -0.15) is 0 Å². The Labute approximate surface area is 131 Å². The van der Waals surface area contributed by atoms with Crippen LogP contribution in [-0.2, 0) is 12.8 Å². The van der Waals surface area contributed by atoms with Gasteiger partial charge in [0.15, 0.2) is 0 Å². The second-order valence-electron chi connectivity index (χ2n) is 6.57. The van der Waals surface area contributed by atoms with E-state index in [1.807, 2.05) is 0 Å². The van der Waals surface area contributed by atoms with Gasteiger partial charge in [0.05, 0.1) is 10.6 Å². The number of nitrogen functional groups attached to an aromatic ring is 1. The molecule has 0 aliphatic heterocycles. The van der Waals surface area contributed by atoms with Crippen LogP contribution in [-0.4, -0.2) is 11.9 Å². The zero-order valence-electron chi connectivity index (χ0n) is 12.9. The molecule has 1 aromatic rings. The lowest BCUT2D eigenvalue weighted by Gasteiger charge is -2.24. The van der Waals surface area contributed by atoms with E-state index in [-0.39, 0.29) is 5.91 Å². The number of anilines is 1. The van der Waals surface area contributed by atoms with E-state index in [2.05, 4.69) is 12.2 Å². The molecule has 3 nitrogen and oxygen atoms in total. The van der Waals surface area contributed by atoms with Gasteiger partial charge in [-0.25, -0.2) is 0 Å². The van der Waals surface area contributed by atoms with Gasteiger partial charge in [0, 0.05) is 10.9 Å². The van der Waals surface area contributed by atoms with Crippen molar-refractivity contribution in [2.24, 2.45) is 5.92 Å². The lowest BCUT2D eigenvalue weighted by molar-refractivity contribution is 0.0927. The minimum absolute atomic E-state index is 0.0758. The predicted molar refractivity (Wildman–Crippen MR) is 88.9 cm³/mol. The second kappa shape index (κ2) is 6.39. The molecule has 3 N–H and O–H groups in total. The SMILES string of the molecule is CC[C@H]1CCc2c(sc(N)c2C(=O)NC2CCCCC2)C1. The molecular formula is C17H26N2OS. The maximum Gasteiger partial charge on any atom is 0.254 e. The van der Waals surface area contributed by atoms with Gasteiger partial charge in [-0.1, -0.05) is 32.6 Å². The molecule has 1 amide bonds. The van der Waals surface area contributed by atoms with Crippen LogP contribution < -0.4 is 11.1 Å². The number of nitrogens with one attached hydrogen (secondary N) is 1. The molecule has 0 aromatic carbocycles. The van der Waals surface area contributed by atoms with Crippen LogP contribution in [0.1, 0.15) is 72.7 Å². The van der Waals surface area contributed by atoms with Crippen LogP contribution in [0.15, 0.2) is 0 Å². The van der Waals surface area contributed by atoms with Crippen molar-refractivity contribution in [1.29, 1.82) is 0 Å². The van der Waals surface area contributed by atoms with Crippen molar-refractivity contribution in [3.8, 4) is 0 Å². The van der Waals surface area contributed by atoms with Gasteiger partial charge in [-0.15, -0.1) is 11.3 Å². The minimum Gasteiger partial charge on any atom is -0.390 e. The summed E-state index contributed by atoms with van der Waals surface area (Å²) in [5.41, 5.74) is 8.22. The van der Waals surface area contributed by atoms with Gasteiger partial charge in [0.25, 0.3) is 5.91 Å². The third-order valence-corrected chi connectivity index (χ3v) is 6.22. The lowest BCUT2D eigenvalue weighted by Crippen LogP contribution is -2.36. The van der Waals surface area contributed by atoms with Crippen LogP contribution in [0.25, 0.3) is 0 Å². The Morgan fingerprint density at radius 2 is 2.05 bits per heavy atom. The molecule has 1 heterocycles. The molecule has 3 rings (SSSR count). The average Bonchev–Trinajstić information content (AvgIpc) is 2.83. The molecule has 2 aliphatic carbocycles. The van der Waals surface area contributed by atoms with E-state index in [4.69, 9.17) is 5.73 Å². The molecule has 4 heteroatoms. The maximum atomic E-state index is 12.6. The van der Waals surface area contributed by atoms with Crippen molar-refractivity contribution in [3.05, 3.63) is 16.0 Å². The third-order valence-electron chi connectivity index (χ3n) is 5.14. The van der Waals surface area contributed by atoms with Crippen molar-refractivity contribution in [2.45, 2.75) is 70.8 Å². The summed E-state index contributed by atoms with van der Waals surface area (Å²) >= 11 is 1.64. The highest BCUT2D eigenvalue weighted by molar-refractivity contribution is 7.16. The highest BCUT2D eigenvalue weighted by Crippen LogP contribution is 2.39. The van der Waals surface area contributed by atoms with Crippen molar-refractivity contribution in [2.75, 3.05) is 5.73 Å². The number of carbonyl (C=O) groups is 1. The first-order valence-electron chi connectivity index (χ1n) is 8.40. The van der Waals surface area contributed by atoms with Gasteiger partial charge in [0.2, 0.25) is 0 Å². The quantitative estimate of drug-likeness (QED) is 0.889. The van der Waals surface area contributed by atoms with Gasteiger partial charge in [-0.3, -0.25) is 4.79 Å². The maximum absolute atomic E-state index is 12.6. The third kappa shape index (κ3) is 3.10. The largest absolute Gasteiger partial charge is 0.390 e. The molecule has 0 bridgehead atoms.